The zero-order valence-electron chi connectivity index (χ0n) is 16.0. The van der Waals surface area contributed by atoms with E-state index < -0.39 is 5.91 Å². The number of nitriles is 1. The lowest BCUT2D eigenvalue weighted by atomic mass is 10.0. The van der Waals surface area contributed by atoms with E-state index in [1.165, 1.54) is 7.11 Å². The first-order chi connectivity index (χ1) is 14.1. The molecule has 1 amide bonds. The standard InChI is InChI=1S/C23H19ClN2O3/c1-3-29-21-10-8-15-6-4-5-7-18(15)19(21)12-16(14-25)23(27)26-20-13-17(24)9-11-22(20)28-2/h4-13H,3H2,1-2H3,(H,26,27)/b16-12+. The summed E-state index contributed by atoms with van der Waals surface area (Å²) in [6.45, 7) is 2.35. The third-order valence-electron chi connectivity index (χ3n) is 4.29. The Balaban J connectivity index is 2.04. The highest BCUT2D eigenvalue weighted by Gasteiger charge is 2.15. The number of hydrogen-bond acceptors (Lipinski definition) is 4. The number of halogens is 1. The monoisotopic (exact) mass is 406 g/mol. The molecule has 0 fully saturated rings. The summed E-state index contributed by atoms with van der Waals surface area (Å²) in [7, 11) is 1.49. The molecule has 0 heterocycles. The molecule has 5 nitrogen and oxygen atoms in total. The van der Waals surface area contributed by atoms with Crippen molar-refractivity contribution in [1.82, 2.24) is 0 Å². The molecule has 1 N–H and O–H groups in total. The number of nitrogens with one attached hydrogen (secondary N) is 1. The molecule has 0 spiro atoms. The number of fused-ring (bicyclic) bond motifs is 1. The third-order valence-corrected chi connectivity index (χ3v) is 4.53. The van der Waals surface area contributed by atoms with Crippen LogP contribution in [0.3, 0.4) is 0 Å². The fourth-order valence-electron chi connectivity index (χ4n) is 2.97. The van der Waals surface area contributed by atoms with Gasteiger partial charge in [-0.05, 0) is 48.0 Å². The van der Waals surface area contributed by atoms with Crippen molar-refractivity contribution in [2.45, 2.75) is 6.92 Å². The van der Waals surface area contributed by atoms with Crippen LogP contribution in [0.2, 0.25) is 5.02 Å². The van der Waals surface area contributed by atoms with Crippen LogP contribution in [0.4, 0.5) is 5.69 Å². The van der Waals surface area contributed by atoms with Crippen LogP contribution < -0.4 is 14.8 Å². The Bertz CT molecular complexity index is 1130. The summed E-state index contributed by atoms with van der Waals surface area (Å²) in [6.07, 6.45) is 1.54. The minimum atomic E-state index is -0.566. The summed E-state index contributed by atoms with van der Waals surface area (Å²) < 4.78 is 11.0. The van der Waals surface area contributed by atoms with Gasteiger partial charge in [-0.2, -0.15) is 5.26 Å². The summed E-state index contributed by atoms with van der Waals surface area (Å²) in [5, 5.41) is 14.6. The van der Waals surface area contributed by atoms with Gasteiger partial charge in [0.15, 0.2) is 0 Å². The number of anilines is 1. The SMILES string of the molecule is CCOc1ccc2ccccc2c1/C=C(\C#N)C(=O)Nc1cc(Cl)ccc1OC. The van der Waals surface area contributed by atoms with Crippen molar-refractivity contribution in [2.24, 2.45) is 0 Å². The van der Waals surface area contributed by atoms with Gasteiger partial charge >= 0.3 is 0 Å². The first-order valence-electron chi connectivity index (χ1n) is 8.98. The lowest BCUT2D eigenvalue weighted by Crippen LogP contribution is -2.14. The largest absolute Gasteiger partial charge is 0.495 e. The van der Waals surface area contributed by atoms with E-state index in [-0.39, 0.29) is 5.57 Å². The Labute approximate surface area is 174 Å². The van der Waals surface area contributed by atoms with Gasteiger partial charge in [-0.25, -0.2) is 0 Å². The van der Waals surface area contributed by atoms with Gasteiger partial charge in [-0.1, -0.05) is 41.9 Å². The molecule has 0 unspecified atom stereocenters. The molecule has 3 aromatic rings. The smallest absolute Gasteiger partial charge is 0.266 e. The summed E-state index contributed by atoms with van der Waals surface area (Å²) in [5.74, 6) is 0.482. The number of carbonyl (C=O) groups is 1. The first kappa shape index (κ1) is 20.2. The van der Waals surface area contributed by atoms with Gasteiger partial charge in [0.05, 0.1) is 19.4 Å². The highest BCUT2D eigenvalue weighted by atomic mass is 35.5. The maximum Gasteiger partial charge on any atom is 0.266 e. The van der Waals surface area contributed by atoms with E-state index in [4.69, 9.17) is 21.1 Å². The molecule has 3 rings (SSSR count). The van der Waals surface area contributed by atoms with Gasteiger partial charge in [0.1, 0.15) is 23.1 Å². The first-order valence-corrected chi connectivity index (χ1v) is 9.36. The van der Waals surface area contributed by atoms with E-state index in [2.05, 4.69) is 5.32 Å². The molecular formula is C23H19ClN2O3. The molecule has 0 atom stereocenters. The number of amides is 1. The fourth-order valence-corrected chi connectivity index (χ4v) is 3.14. The zero-order valence-corrected chi connectivity index (χ0v) is 16.8. The van der Waals surface area contributed by atoms with Gasteiger partial charge in [0.2, 0.25) is 0 Å². The molecule has 3 aromatic carbocycles. The van der Waals surface area contributed by atoms with Crippen LogP contribution in [0.15, 0.2) is 60.2 Å². The third kappa shape index (κ3) is 4.50. The van der Waals surface area contributed by atoms with E-state index in [9.17, 15) is 10.1 Å². The molecule has 0 radical (unpaired) electrons. The molecule has 0 bridgehead atoms. The number of nitrogens with zero attached hydrogens (tertiary/aromatic N) is 1. The Kier molecular flexibility index (Phi) is 6.38. The van der Waals surface area contributed by atoms with E-state index in [0.29, 0.717) is 34.4 Å². The van der Waals surface area contributed by atoms with Crippen LogP contribution >= 0.6 is 11.6 Å². The average Bonchev–Trinajstić information content (AvgIpc) is 2.73. The summed E-state index contributed by atoms with van der Waals surface area (Å²) in [6, 6.07) is 18.3. The van der Waals surface area contributed by atoms with Gasteiger partial charge < -0.3 is 14.8 Å². The number of carbonyl (C=O) groups excluding carboxylic acids is 1. The Morgan fingerprint density at radius 2 is 1.93 bits per heavy atom. The van der Waals surface area contributed by atoms with Crippen molar-refractivity contribution >= 4 is 40.0 Å². The second kappa shape index (κ2) is 9.13. The van der Waals surface area contributed by atoms with Gasteiger partial charge in [-0.15, -0.1) is 0 Å². The van der Waals surface area contributed by atoms with Crippen molar-refractivity contribution in [3.63, 3.8) is 0 Å². The number of ether oxygens (including phenoxy) is 2. The summed E-state index contributed by atoms with van der Waals surface area (Å²) >= 11 is 6.02. The second-order valence-electron chi connectivity index (χ2n) is 6.10. The molecular weight excluding hydrogens is 388 g/mol. The zero-order chi connectivity index (χ0) is 20.8. The molecule has 6 heteroatoms. The van der Waals surface area contributed by atoms with E-state index in [0.717, 1.165) is 10.8 Å². The summed E-state index contributed by atoms with van der Waals surface area (Å²) in [5.41, 5.74) is 0.994. The van der Waals surface area contributed by atoms with E-state index in [1.807, 2.05) is 49.4 Å². The van der Waals surface area contributed by atoms with Crippen LogP contribution in [0.1, 0.15) is 12.5 Å². The Morgan fingerprint density at radius 3 is 2.66 bits per heavy atom. The van der Waals surface area contributed by atoms with E-state index in [1.54, 1.807) is 24.3 Å². The maximum absolute atomic E-state index is 12.8. The van der Waals surface area contributed by atoms with Gasteiger partial charge in [0.25, 0.3) is 5.91 Å². The normalized spacial score (nSPS) is 11.0. The molecule has 0 saturated carbocycles. The summed E-state index contributed by atoms with van der Waals surface area (Å²) in [4.78, 5) is 12.8. The molecule has 0 aliphatic carbocycles. The van der Waals surface area contributed by atoms with Gasteiger partial charge in [0, 0.05) is 10.6 Å². The van der Waals surface area contributed by atoms with Crippen LogP contribution in [0.25, 0.3) is 16.8 Å². The van der Waals surface area contributed by atoms with Crippen LogP contribution in [-0.2, 0) is 4.79 Å². The number of benzene rings is 3. The Hall–Kier alpha value is -3.49. The molecule has 0 aromatic heterocycles. The van der Waals surface area contributed by atoms with E-state index >= 15 is 0 Å². The average molecular weight is 407 g/mol. The lowest BCUT2D eigenvalue weighted by molar-refractivity contribution is -0.112. The minimum Gasteiger partial charge on any atom is -0.495 e. The predicted molar refractivity (Wildman–Crippen MR) is 115 cm³/mol. The number of hydrogen-bond donors (Lipinski definition) is 1. The number of methoxy groups -OCH3 is 1. The predicted octanol–water partition coefficient (Wildman–Crippen LogP) is 5.45. The van der Waals surface area contributed by atoms with Gasteiger partial charge in [-0.3, -0.25) is 4.79 Å². The molecule has 0 aliphatic heterocycles. The molecule has 0 aliphatic rings. The topological polar surface area (TPSA) is 71.3 Å². The second-order valence-corrected chi connectivity index (χ2v) is 6.54. The molecule has 0 saturated heterocycles. The van der Waals surface area contributed by atoms with Crippen molar-refractivity contribution in [3.8, 4) is 17.6 Å². The van der Waals surface area contributed by atoms with Crippen LogP contribution in [0.5, 0.6) is 11.5 Å². The molecule has 146 valence electrons. The van der Waals surface area contributed by atoms with Crippen molar-refractivity contribution in [3.05, 3.63) is 70.8 Å². The number of rotatable bonds is 6. The Morgan fingerprint density at radius 1 is 1.17 bits per heavy atom. The van der Waals surface area contributed by atoms with Crippen LogP contribution in [0, 0.1) is 11.3 Å². The highest BCUT2D eigenvalue weighted by Crippen LogP contribution is 2.31. The van der Waals surface area contributed by atoms with Crippen molar-refractivity contribution in [1.29, 1.82) is 5.26 Å². The maximum atomic E-state index is 12.8. The minimum absolute atomic E-state index is 0.0654. The highest BCUT2D eigenvalue weighted by molar-refractivity contribution is 6.31. The quantitative estimate of drug-likeness (QED) is 0.436. The van der Waals surface area contributed by atoms with Crippen molar-refractivity contribution in [2.75, 3.05) is 19.0 Å². The molecule has 29 heavy (non-hydrogen) atoms. The lowest BCUT2D eigenvalue weighted by Gasteiger charge is -2.12. The van der Waals surface area contributed by atoms with Crippen molar-refractivity contribution < 1.29 is 14.3 Å². The fraction of sp³-hybridized carbons (Fsp3) is 0.130. The van der Waals surface area contributed by atoms with Crippen LogP contribution in [-0.4, -0.2) is 19.6 Å².